The molecule has 5 heteroatoms. The molecule has 60 valence electrons. The first-order valence-electron chi connectivity index (χ1n) is 2.67. The Kier molecular flexibility index (Phi) is 3.06. The minimum Gasteiger partial charge on any atom is -0.207 e. The molecule has 0 spiro atoms. The van der Waals surface area contributed by atoms with Crippen LogP contribution in [-0.4, -0.2) is 0 Å². The molecule has 0 radical (unpaired) electrons. The van der Waals surface area contributed by atoms with Crippen molar-refractivity contribution < 1.29 is 8.78 Å². The summed E-state index contributed by atoms with van der Waals surface area (Å²) in [5.41, 5.74) is 0. The highest BCUT2D eigenvalue weighted by Crippen LogP contribution is 2.45. The second-order valence-corrected chi connectivity index (χ2v) is 5.39. The van der Waals surface area contributed by atoms with Gasteiger partial charge in [0, 0.05) is 11.4 Å². The van der Waals surface area contributed by atoms with E-state index >= 15 is 0 Å². The van der Waals surface area contributed by atoms with Gasteiger partial charge in [-0.3, -0.25) is 0 Å². The summed E-state index contributed by atoms with van der Waals surface area (Å²) in [7, 11) is 0. The van der Waals surface area contributed by atoms with Crippen molar-refractivity contribution in [1.82, 2.24) is 0 Å². The van der Waals surface area contributed by atoms with Gasteiger partial charge in [0.25, 0.3) is 0 Å². The van der Waals surface area contributed by atoms with Crippen molar-refractivity contribution in [2.45, 2.75) is 0 Å². The van der Waals surface area contributed by atoms with Crippen LogP contribution in [0.3, 0.4) is 0 Å². The number of benzene rings is 1. The smallest absolute Gasteiger partial charge is 0.126 e. The molecule has 0 nitrogen and oxygen atoms in total. The highest BCUT2D eigenvalue weighted by molar-refractivity contribution is 8.08. The molecule has 11 heavy (non-hydrogen) atoms. The van der Waals surface area contributed by atoms with Crippen LogP contribution in [0.5, 0.6) is 0 Å². The summed E-state index contributed by atoms with van der Waals surface area (Å²) < 4.78 is 24.9. The molecule has 0 saturated heterocycles. The molecule has 0 amide bonds. The Labute approximate surface area is 73.5 Å². The SMILES string of the molecule is Fc1cc(F)cc(P(Cl)Cl)c1. The van der Waals surface area contributed by atoms with Crippen LogP contribution in [0.15, 0.2) is 18.2 Å². The zero-order valence-electron chi connectivity index (χ0n) is 5.19. The molecule has 0 aliphatic carbocycles. The van der Waals surface area contributed by atoms with Crippen LogP contribution in [0.1, 0.15) is 0 Å². The first-order chi connectivity index (χ1) is 5.09. The lowest BCUT2D eigenvalue weighted by molar-refractivity contribution is 0.585. The van der Waals surface area contributed by atoms with E-state index in [1.165, 1.54) is 0 Å². The van der Waals surface area contributed by atoms with Crippen LogP contribution in [0.4, 0.5) is 8.78 Å². The zero-order chi connectivity index (χ0) is 8.43. The van der Waals surface area contributed by atoms with Crippen molar-refractivity contribution >= 4 is 34.4 Å². The maximum Gasteiger partial charge on any atom is 0.126 e. The van der Waals surface area contributed by atoms with E-state index in [4.69, 9.17) is 22.5 Å². The second kappa shape index (κ2) is 3.66. The van der Waals surface area contributed by atoms with Crippen LogP contribution in [0.2, 0.25) is 0 Å². The van der Waals surface area contributed by atoms with Crippen LogP contribution >= 0.6 is 29.1 Å². The van der Waals surface area contributed by atoms with E-state index in [1.807, 2.05) is 0 Å². The lowest BCUT2D eigenvalue weighted by atomic mass is 10.3. The predicted octanol–water partition coefficient (Wildman–Crippen LogP) is 3.38. The second-order valence-electron chi connectivity index (χ2n) is 1.86. The van der Waals surface area contributed by atoms with E-state index in [0.717, 1.165) is 18.2 Å². The van der Waals surface area contributed by atoms with Gasteiger partial charge >= 0.3 is 0 Å². The van der Waals surface area contributed by atoms with Gasteiger partial charge in [-0.1, -0.05) is 22.5 Å². The Morgan fingerprint density at radius 1 is 1.00 bits per heavy atom. The van der Waals surface area contributed by atoms with Gasteiger partial charge in [0.1, 0.15) is 18.3 Å². The molecule has 0 bridgehead atoms. The van der Waals surface area contributed by atoms with E-state index in [1.54, 1.807) is 0 Å². The monoisotopic (exact) mass is 214 g/mol. The van der Waals surface area contributed by atoms with E-state index in [9.17, 15) is 8.78 Å². The molecule has 1 rings (SSSR count). The number of hydrogen-bond acceptors (Lipinski definition) is 0. The summed E-state index contributed by atoms with van der Waals surface area (Å²) in [6.07, 6.45) is 0. The third-order valence-electron chi connectivity index (χ3n) is 1.04. The molecular formula is C6H3Cl2F2P. The molecule has 0 saturated carbocycles. The molecule has 0 aliphatic heterocycles. The quantitative estimate of drug-likeness (QED) is 0.630. The third kappa shape index (κ3) is 2.55. The molecule has 0 heterocycles. The topological polar surface area (TPSA) is 0 Å². The van der Waals surface area contributed by atoms with E-state index in [-0.39, 0.29) is 0 Å². The van der Waals surface area contributed by atoms with Gasteiger partial charge in [-0.2, -0.15) is 0 Å². The minimum atomic E-state index is -1.46. The van der Waals surface area contributed by atoms with Crippen LogP contribution < -0.4 is 5.30 Å². The van der Waals surface area contributed by atoms with Gasteiger partial charge in [-0.25, -0.2) is 8.78 Å². The van der Waals surface area contributed by atoms with Crippen molar-refractivity contribution in [3.05, 3.63) is 29.8 Å². The third-order valence-corrected chi connectivity index (χ3v) is 2.86. The van der Waals surface area contributed by atoms with Crippen molar-refractivity contribution in [2.24, 2.45) is 0 Å². The molecule has 0 atom stereocenters. The minimum absolute atomic E-state index is 0.292. The molecule has 0 fully saturated rings. The van der Waals surface area contributed by atoms with Crippen LogP contribution in [0.25, 0.3) is 0 Å². The Morgan fingerprint density at radius 2 is 1.45 bits per heavy atom. The van der Waals surface area contributed by atoms with E-state index < -0.39 is 18.3 Å². The average molecular weight is 215 g/mol. The van der Waals surface area contributed by atoms with E-state index in [2.05, 4.69) is 0 Å². The van der Waals surface area contributed by atoms with Crippen LogP contribution in [-0.2, 0) is 0 Å². The largest absolute Gasteiger partial charge is 0.207 e. The average Bonchev–Trinajstić information content (AvgIpc) is 1.85. The Morgan fingerprint density at radius 3 is 1.82 bits per heavy atom. The molecule has 0 unspecified atom stereocenters. The fourth-order valence-electron chi connectivity index (χ4n) is 0.637. The highest BCUT2D eigenvalue weighted by Gasteiger charge is 2.06. The maximum absolute atomic E-state index is 12.4. The van der Waals surface area contributed by atoms with Gasteiger partial charge < -0.3 is 0 Å². The molecule has 0 aliphatic rings. The standard InChI is InChI=1S/C6H3Cl2F2P/c7-11(8)6-2-4(9)1-5(10)3-6/h1-3H. The van der Waals surface area contributed by atoms with Crippen molar-refractivity contribution in [1.29, 1.82) is 0 Å². The van der Waals surface area contributed by atoms with Gasteiger partial charge in [-0.15, -0.1) is 0 Å². The maximum atomic E-state index is 12.4. The molecular weight excluding hydrogens is 212 g/mol. The lowest BCUT2D eigenvalue weighted by Gasteiger charge is -2.00. The zero-order valence-corrected chi connectivity index (χ0v) is 7.60. The van der Waals surface area contributed by atoms with Gasteiger partial charge in [0.2, 0.25) is 0 Å². The van der Waals surface area contributed by atoms with Gasteiger partial charge in [0.15, 0.2) is 0 Å². The van der Waals surface area contributed by atoms with Crippen LogP contribution in [0, 0.1) is 11.6 Å². The van der Waals surface area contributed by atoms with Gasteiger partial charge in [0.05, 0.1) is 0 Å². The lowest BCUT2D eigenvalue weighted by Crippen LogP contribution is -1.97. The fraction of sp³-hybridized carbons (Fsp3) is 0. The number of hydrogen-bond donors (Lipinski definition) is 0. The Bertz CT molecular complexity index is 245. The normalized spacial score (nSPS) is 10.6. The summed E-state index contributed by atoms with van der Waals surface area (Å²) in [5, 5.41) is 0.292. The first-order valence-corrected chi connectivity index (χ1v) is 5.82. The highest BCUT2D eigenvalue weighted by atomic mass is 35.9. The van der Waals surface area contributed by atoms with Gasteiger partial charge in [-0.05, 0) is 12.1 Å². The van der Waals surface area contributed by atoms with Crippen molar-refractivity contribution in [3.8, 4) is 0 Å². The summed E-state index contributed by atoms with van der Waals surface area (Å²) in [6.45, 7) is -1.46. The van der Waals surface area contributed by atoms with Crippen molar-refractivity contribution in [2.75, 3.05) is 0 Å². The fourth-order valence-corrected chi connectivity index (χ4v) is 1.66. The first kappa shape index (κ1) is 9.18. The Hall–Kier alpha value is 0.0900. The summed E-state index contributed by atoms with van der Waals surface area (Å²) >= 11 is 10.9. The summed E-state index contributed by atoms with van der Waals surface area (Å²) in [4.78, 5) is 0. The molecule has 1 aromatic rings. The Balaban J connectivity index is 3.08. The molecule has 0 aromatic heterocycles. The summed E-state index contributed by atoms with van der Waals surface area (Å²) in [6, 6.07) is 3.01. The summed E-state index contributed by atoms with van der Waals surface area (Å²) in [5.74, 6) is -1.32. The van der Waals surface area contributed by atoms with E-state index in [0.29, 0.717) is 5.30 Å². The predicted molar refractivity (Wildman–Crippen MR) is 44.6 cm³/mol. The van der Waals surface area contributed by atoms with Crippen molar-refractivity contribution in [3.63, 3.8) is 0 Å². The number of halogens is 4. The number of rotatable bonds is 1. The molecule has 0 N–H and O–H groups in total. The molecule has 1 aromatic carbocycles.